The van der Waals surface area contributed by atoms with Crippen LogP contribution in [-0.4, -0.2) is 23.7 Å². The van der Waals surface area contributed by atoms with E-state index < -0.39 is 12.0 Å². The summed E-state index contributed by atoms with van der Waals surface area (Å²) in [6, 6.07) is -0.495. The highest BCUT2D eigenvalue weighted by Crippen LogP contribution is 2.10. The third kappa shape index (κ3) is 1.10. The van der Waals surface area contributed by atoms with E-state index in [1.54, 1.807) is 0 Å². The highest BCUT2D eigenvalue weighted by atomic mass is 16.4. The van der Waals surface area contributed by atoms with Crippen LogP contribution in [0.25, 0.3) is 0 Å². The molecule has 1 rings (SSSR count). The maximum absolute atomic E-state index is 10.3. The van der Waals surface area contributed by atoms with E-state index in [0.29, 0.717) is 0 Å². The minimum Gasteiger partial charge on any atom is -0.480 e. The number of hydrogen-bond acceptors (Lipinski definition) is 2. The molecule has 3 heteroatoms. The van der Waals surface area contributed by atoms with Crippen LogP contribution in [-0.2, 0) is 4.79 Å². The largest absolute Gasteiger partial charge is 0.480 e. The molecule has 0 bridgehead atoms. The maximum atomic E-state index is 10.3. The third-order valence-corrected chi connectivity index (χ3v) is 1.45. The Morgan fingerprint density at radius 3 is 2.78 bits per heavy atom. The molecular weight excluding hydrogens is 118 g/mol. The summed E-state index contributed by atoms with van der Waals surface area (Å²) in [7, 11) is 0. The summed E-state index contributed by atoms with van der Waals surface area (Å²) >= 11 is 0. The van der Waals surface area contributed by atoms with Gasteiger partial charge in [-0.1, -0.05) is 6.58 Å². The summed E-state index contributed by atoms with van der Waals surface area (Å²) in [5, 5.41) is 11.3. The lowest BCUT2D eigenvalue weighted by atomic mass is 10.1. The van der Waals surface area contributed by atoms with Crippen molar-refractivity contribution in [3.8, 4) is 0 Å². The van der Waals surface area contributed by atoms with Crippen LogP contribution in [0.2, 0.25) is 0 Å². The van der Waals surface area contributed by atoms with Crippen LogP contribution in [0.5, 0.6) is 0 Å². The zero-order valence-corrected chi connectivity index (χ0v) is 5.05. The van der Waals surface area contributed by atoms with Crippen molar-refractivity contribution < 1.29 is 9.90 Å². The van der Waals surface area contributed by atoms with Gasteiger partial charge in [0.15, 0.2) is 0 Å². The average molecular weight is 127 g/mol. The van der Waals surface area contributed by atoms with Crippen LogP contribution in [0, 0.1) is 0 Å². The van der Waals surface area contributed by atoms with Crippen LogP contribution < -0.4 is 5.32 Å². The number of carboxylic acids is 1. The molecule has 0 radical (unpaired) electrons. The molecule has 0 aromatic rings. The van der Waals surface area contributed by atoms with E-state index in [-0.39, 0.29) is 0 Å². The molecule has 1 heterocycles. The minimum absolute atomic E-state index is 0.495. The summed E-state index contributed by atoms with van der Waals surface area (Å²) in [5.74, 6) is -0.822. The molecule has 0 saturated carbocycles. The molecule has 1 fully saturated rings. The van der Waals surface area contributed by atoms with Gasteiger partial charge in [0.05, 0.1) is 0 Å². The van der Waals surface area contributed by atoms with Crippen LogP contribution in [0.4, 0.5) is 0 Å². The molecule has 1 saturated heterocycles. The summed E-state index contributed by atoms with van der Waals surface area (Å²) in [5.41, 5.74) is 0.780. The number of carbonyl (C=O) groups is 1. The molecule has 9 heavy (non-hydrogen) atoms. The Morgan fingerprint density at radius 2 is 2.56 bits per heavy atom. The predicted molar refractivity (Wildman–Crippen MR) is 33.2 cm³/mol. The lowest BCUT2D eigenvalue weighted by Gasteiger charge is -2.02. The van der Waals surface area contributed by atoms with Gasteiger partial charge < -0.3 is 10.4 Å². The maximum Gasteiger partial charge on any atom is 0.324 e. The second kappa shape index (κ2) is 2.19. The Labute approximate surface area is 53.4 Å². The lowest BCUT2D eigenvalue weighted by Crippen LogP contribution is -2.31. The second-order valence-electron chi connectivity index (χ2n) is 2.13. The van der Waals surface area contributed by atoms with Gasteiger partial charge >= 0.3 is 5.97 Å². The van der Waals surface area contributed by atoms with Gasteiger partial charge in [0.25, 0.3) is 0 Å². The third-order valence-electron chi connectivity index (χ3n) is 1.45. The molecule has 0 spiro atoms. The SMILES string of the molecule is C=C1CCN[C@@H]1C(=O)O. The number of nitrogens with one attached hydrogen (secondary N) is 1. The Hall–Kier alpha value is -0.830. The Morgan fingerprint density at radius 1 is 1.89 bits per heavy atom. The molecule has 0 aromatic carbocycles. The first-order valence-corrected chi connectivity index (χ1v) is 2.85. The number of aliphatic carboxylic acids is 1. The van der Waals surface area contributed by atoms with E-state index in [0.717, 1.165) is 18.5 Å². The second-order valence-corrected chi connectivity index (χ2v) is 2.13. The fraction of sp³-hybridized carbons (Fsp3) is 0.500. The van der Waals surface area contributed by atoms with Crippen LogP contribution >= 0.6 is 0 Å². The first-order valence-electron chi connectivity index (χ1n) is 2.85. The fourth-order valence-electron chi connectivity index (χ4n) is 0.928. The fourth-order valence-corrected chi connectivity index (χ4v) is 0.928. The molecule has 0 amide bonds. The van der Waals surface area contributed by atoms with Crippen molar-refractivity contribution in [1.29, 1.82) is 0 Å². The zero-order valence-electron chi connectivity index (χ0n) is 5.05. The zero-order chi connectivity index (χ0) is 6.85. The van der Waals surface area contributed by atoms with Crippen molar-refractivity contribution in [3.63, 3.8) is 0 Å². The quantitative estimate of drug-likeness (QED) is 0.487. The van der Waals surface area contributed by atoms with Gasteiger partial charge in [0.2, 0.25) is 0 Å². The van der Waals surface area contributed by atoms with E-state index in [4.69, 9.17) is 5.11 Å². The Balaban J connectivity index is 2.60. The number of hydrogen-bond donors (Lipinski definition) is 2. The minimum atomic E-state index is -0.822. The monoisotopic (exact) mass is 127 g/mol. The first-order chi connectivity index (χ1) is 4.22. The van der Waals surface area contributed by atoms with Crippen molar-refractivity contribution in [2.24, 2.45) is 0 Å². The average Bonchev–Trinajstić information content (AvgIpc) is 2.13. The Bertz CT molecular complexity index is 153. The summed E-state index contributed by atoms with van der Waals surface area (Å²) in [6.07, 6.45) is 0.789. The van der Waals surface area contributed by atoms with Crippen LogP contribution in [0.15, 0.2) is 12.2 Å². The van der Waals surface area contributed by atoms with Crippen molar-refractivity contribution >= 4 is 5.97 Å². The molecule has 50 valence electrons. The highest BCUT2D eigenvalue weighted by Gasteiger charge is 2.24. The van der Waals surface area contributed by atoms with Gasteiger partial charge in [-0.05, 0) is 12.0 Å². The molecule has 0 aromatic heterocycles. The van der Waals surface area contributed by atoms with Gasteiger partial charge in [0.1, 0.15) is 6.04 Å². The van der Waals surface area contributed by atoms with E-state index in [1.807, 2.05) is 0 Å². The van der Waals surface area contributed by atoms with Gasteiger partial charge in [-0.15, -0.1) is 0 Å². The van der Waals surface area contributed by atoms with Crippen molar-refractivity contribution in [3.05, 3.63) is 12.2 Å². The molecule has 0 aliphatic carbocycles. The lowest BCUT2D eigenvalue weighted by molar-refractivity contribution is -0.138. The molecule has 3 nitrogen and oxygen atoms in total. The van der Waals surface area contributed by atoms with Gasteiger partial charge in [-0.25, -0.2) is 0 Å². The molecular formula is C6H9NO2. The van der Waals surface area contributed by atoms with Gasteiger partial charge in [0, 0.05) is 6.54 Å². The van der Waals surface area contributed by atoms with E-state index in [1.165, 1.54) is 0 Å². The van der Waals surface area contributed by atoms with Crippen LogP contribution in [0.1, 0.15) is 6.42 Å². The van der Waals surface area contributed by atoms with E-state index in [2.05, 4.69) is 11.9 Å². The van der Waals surface area contributed by atoms with Gasteiger partial charge in [-0.3, -0.25) is 4.79 Å². The number of carboxylic acid groups (broad SMARTS) is 1. The molecule has 1 aliphatic rings. The molecule has 1 aliphatic heterocycles. The smallest absolute Gasteiger partial charge is 0.324 e. The van der Waals surface area contributed by atoms with Crippen LogP contribution in [0.3, 0.4) is 0 Å². The topological polar surface area (TPSA) is 49.3 Å². The first kappa shape index (κ1) is 6.29. The van der Waals surface area contributed by atoms with E-state index >= 15 is 0 Å². The molecule has 2 N–H and O–H groups in total. The van der Waals surface area contributed by atoms with Crippen molar-refractivity contribution in [2.45, 2.75) is 12.5 Å². The highest BCUT2D eigenvalue weighted by molar-refractivity contribution is 5.77. The molecule has 0 unspecified atom stereocenters. The van der Waals surface area contributed by atoms with Gasteiger partial charge in [-0.2, -0.15) is 0 Å². The summed E-state index contributed by atoms with van der Waals surface area (Å²) < 4.78 is 0. The number of rotatable bonds is 1. The normalized spacial score (nSPS) is 26.7. The Kier molecular flexibility index (Phi) is 1.53. The van der Waals surface area contributed by atoms with E-state index in [9.17, 15) is 4.79 Å². The summed E-state index contributed by atoms with van der Waals surface area (Å²) in [6.45, 7) is 4.36. The summed E-state index contributed by atoms with van der Waals surface area (Å²) in [4.78, 5) is 10.3. The standard InChI is InChI=1S/C6H9NO2/c1-4-2-3-7-5(4)6(8)9/h5,7H,1-3H2,(H,8,9)/t5-/m0/s1. The molecule has 1 atom stereocenters. The van der Waals surface area contributed by atoms with Crippen molar-refractivity contribution in [2.75, 3.05) is 6.54 Å². The van der Waals surface area contributed by atoms with Crippen molar-refractivity contribution in [1.82, 2.24) is 5.32 Å². The predicted octanol–water partition coefficient (Wildman–Crippen LogP) is -0.0109.